The van der Waals surface area contributed by atoms with Crippen LogP contribution >= 0.6 is 0 Å². The number of rotatable bonds is 5. The summed E-state index contributed by atoms with van der Waals surface area (Å²) in [5.41, 5.74) is 11.8. The highest BCUT2D eigenvalue weighted by Crippen LogP contribution is 2.31. The van der Waals surface area contributed by atoms with Crippen LogP contribution in [0.5, 0.6) is 0 Å². The third-order valence-corrected chi connectivity index (χ3v) is 5.07. The molecule has 0 spiro atoms. The number of nitrogens with two attached hydrogens (primary N) is 1. The summed E-state index contributed by atoms with van der Waals surface area (Å²) in [6, 6.07) is 12.0. The zero-order chi connectivity index (χ0) is 22.9. The van der Waals surface area contributed by atoms with Gasteiger partial charge in [0.15, 0.2) is 11.5 Å². The molecule has 0 atom stereocenters. The molecule has 1 aromatic carbocycles. The first-order valence-electron chi connectivity index (χ1n) is 10.1. The largest absolute Gasteiger partial charge is 0.402 e. The van der Waals surface area contributed by atoms with Crippen LogP contribution in [0.3, 0.4) is 0 Å². The minimum atomic E-state index is -0.364. The molecule has 0 unspecified atom stereocenters. The van der Waals surface area contributed by atoms with Crippen molar-refractivity contribution in [3.8, 4) is 22.8 Å². The molecular formula is C24H19FN8. The van der Waals surface area contributed by atoms with Gasteiger partial charge in [0, 0.05) is 29.2 Å². The van der Waals surface area contributed by atoms with Crippen molar-refractivity contribution in [2.45, 2.75) is 6.92 Å². The van der Waals surface area contributed by atoms with Crippen molar-refractivity contribution in [3.05, 3.63) is 78.1 Å². The van der Waals surface area contributed by atoms with Crippen LogP contribution in [0.25, 0.3) is 50.4 Å². The number of hydrogen-bond acceptors (Lipinski definition) is 6. The van der Waals surface area contributed by atoms with E-state index < -0.39 is 0 Å². The molecule has 0 aliphatic carbocycles. The molecule has 4 N–H and O–H groups in total. The number of H-pyrrole nitrogens is 2. The minimum Gasteiger partial charge on any atom is -0.402 e. The summed E-state index contributed by atoms with van der Waals surface area (Å²) < 4.78 is 14.4. The van der Waals surface area contributed by atoms with Gasteiger partial charge in [0.1, 0.15) is 22.5 Å². The summed E-state index contributed by atoms with van der Waals surface area (Å²) in [5.74, 6) is 0.126. The van der Waals surface area contributed by atoms with E-state index >= 15 is 0 Å². The number of aliphatic imine (C=N–C) groups is 1. The Bertz CT molecular complexity index is 1570. The van der Waals surface area contributed by atoms with E-state index in [2.05, 4.69) is 31.9 Å². The number of benzene rings is 1. The molecule has 9 heteroatoms. The second kappa shape index (κ2) is 8.12. The first kappa shape index (κ1) is 20.3. The number of pyridine rings is 2. The highest BCUT2D eigenvalue weighted by molar-refractivity contribution is 5.95. The molecule has 4 aromatic heterocycles. The minimum absolute atomic E-state index is 0.364. The number of nitrogens with zero attached hydrogens (tertiary/aromatic N) is 5. The fraction of sp³-hybridized carbons (Fsp3) is 0.0417. The molecule has 0 fully saturated rings. The lowest BCUT2D eigenvalue weighted by Gasteiger charge is -2.03. The molecular weight excluding hydrogens is 419 g/mol. The van der Waals surface area contributed by atoms with Gasteiger partial charge in [-0.1, -0.05) is 12.1 Å². The summed E-state index contributed by atoms with van der Waals surface area (Å²) >= 11 is 0. The van der Waals surface area contributed by atoms with Gasteiger partial charge in [-0.05, 0) is 50.0 Å². The first-order chi connectivity index (χ1) is 16.0. The van der Waals surface area contributed by atoms with Crippen molar-refractivity contribution in [2.75, 3.05) is 0 Å². The Morgan fingerprint density at radius 1 is 1.06 bits per heavy atom. The Balaban J connectivity index is 1.67. The Kier molecular flexibility index (Phi) is 4.98. The van der Waals surface area contributed by atoms with Gasteiger partial charge in [-0.25, -0.2) is 14.4 Å². The fourth-order valence-electron chi connectivity index (χ4n) is 3.64. The van der Waals surface area contributed by atoms with E-state index in [0.29, 0.717) is 50.7 Å². The predicted octanol–water partition coefficient (Wildman–Crippen LogP) is 4.61. The van der Waals surface area contributed by atoms with Crippen molar-refractivity contribution in [2.24, 2.45) is 10.7 Å². The van der Waals surface area contributed by atoms with Gasteiger partial charge in [0.2, 0.25) is 0 Å². The molecule has 33 heavy (non-hydrogen) atoms. The van der Waals surface area contributed by atoms with Gasteiger partial charge in [0.25, 0.3) is 0 Å². The van der Waals surface area contributed by atoms with Crippen molar-refractivity contribution >= 4 is 34.4 Å². The van der Waals surface area contributed by atoms with E-state index in [-0.39, 0.29) is 5.82 Å². The van der Waals surface area contributed by atoms with Crippen molar-refractivity contribution in [1.29, 1.82) is 0 Å². The van der Waals surface area contributed by atoms with Crippen molar-refractivity contribution in [3.63, 3.8) is 0 Å². The molecule has 162 valence electrons. The second-order valence-corrected chi connectivity index (χ2v) is 7.44. The van der Waals surface area contributed by atoms with Crippen LogP contribution in [-0.2, 0) is 0 Å². The van der Waals surface area contributed by atoms with E-state index in [9.17, 15) is 4.39 Å². The maximum Gasteiger partial charge on any atom is 0.161 e. The molecule has 0 aliphatic heterocycles. The van der Waals surface area contributed by atoms with Crippen LogP contribution in [-0.4, -0.2) is 36.9 Å². The maximum absolute atomic E-state index is 14.4. The number of nitrogens with one attached hydrogen (secondary N) is 2. The van der Waals surface area contributed by atoms with Crippen LogP contribution in [0.1, 0.15) is 12.6 Å². The molecule has 0 saturated carbocycles. The molecule has 4 heterocycles. The number of allylic oxidation sites excluding steroid dienone is 3. The third kappa shape index (κ3) is 3.65. The Hall–Kier alpha value is -4.66. The van der Waals surface area contributed by atoms with Gasteiger partial charge in [-0.15, -0.1) is 0 Å². The molecule has 0 bridgehead atoms. The molecule has 5 rings (SSSR count). The van der Waals surface area contributed by atoms with Gasteiger partial charge in [-0.2, -0.15) is 5.10 Å². The monoisotopic (exact) mass is 438 g/mol. The number of fused-ring (bicyclic) bond motifs is 2. The predicted molar refractivity (Wildman–Crippen MR) is 128 cm³/mol. The summed E-state index contributed by atoms with van der Waals surface area (Å²) in [7, 11) is 0. The van der Waals surface area contributed by atoms with Crippen LogP contribution in [0.15, 0.2) is 71.6 Å². The number of aromatic nitrogens is 6. The quantitative estimate of drug-likeness (QED) is 0.273. The van der Waals surface area contributed by atoms with E-state index in [1.165, 1.54) is 6.07 Å². The van der Waals surface area contributed by atoms with Crippen LogP contribution in [0, 0.1) is 5.82 Å². The van der Waals surface area contributed by atoms with Crippen molar-refractivity contribution < 1.29 is 4.39 Å². The normalized spacial score (nSPS) is 12.5. The van der Waals surface area contributed by atoms with E-state index in [0.717, 1.165) is 11.1 Å². The molecule has 5 aromatic rings. The zero-order valence-electron chi connectivity index (χ0n) is 17.7. The number of halogens is 1. The van der Waals surface area contributed by atoms with Crippen LogP contribution < -0.4 is 5.73 Å². The molecule has 0 radical (unpaired) electrons. The summed E-state index contributed by atoms with van der Waals surface area (Å²) in [4.78, 5) is 20.9. The molecule has 0 aliphatic rings. The van der Waals surface area contributed by atoms with Gasteiger partial charge < -0.3 is 10.7 Å². The van der Waals surface area contributed by atoms with E-state index in [4.69, 9.17) is 15.7 Å². The number of aromatic amines is 2. The highest BCUT2D eigenvalue weighted by Gasteiger charge is 2.18. The summed E-state index contributed by atoms with van der Waals surface area (Å²) in [6.45, 7) is 5.31. The van der Waals surface area contributed by atoms with Gasteiger partial charge >= 0.3 is 0 Å². The van der Waals surface area contributed by atoms with Gasteiger partial charge in [0.05, 0.1) is 16.7 Å². The summed E-state index contributed by atoms with van der Waals surface area (Å²) in [5, 5.41) is 7.40. The van der Waals surface area contributed by atoms with Gasteiger partial charge in [-0.3, -0.25) is 15.1 Å². The van der Waals surface area contributed by atoms with Crippen LogP contribution in [0.4, 0.5) is 4.39 Å². The smallest absolute Gasteiger partial charge is 0.161 e. The van der Waals surface area contributed by atoms with E-state index in [1.807, 2.05) is 12.1 Å². The summed E-state index contributed by atoms with van der Waals surface area (Å²) in [6.07, 6.45) is 4.99. The molecule has 0 amide bonds. The van der Waals surface area contributed by atoms with E-state index in [1.54, 1.807) is 49.7 Å². The SMILES string of the molecule is C=N/C=C(\C=C(/C)N)c1ccc2[nH]nc(-c3nc4c(-c5ccccc5F)nccc4[nH]3)c2n1. The first-order valence-corrected chi connectivity index (χ1v) is 10.1. The average Bonchev–Trinajstić information content (AvgIpc) is 3.42. The zero-order valence-corrected chi connectivity index (χ0v) is 17.7. The lowest BCUT2D eigenvalue weighted by Crippen LogP contribution is -1.94. The topological polar surface area (TPSA) is 122 Å². The second-order valence-electron chi connectivity index (χ2n) is 7.44. The third-order valence-electron chi connectivity index (χ3n) is 5.07. The lowest BCUT2D eigenvalue weighted by atomic mass is 10.1. The Morgan fingerprint density at radius 2 is 1.88 bits per heavy atom. The average molecular weight is 438 g/mol. The fourth-order valence-corrected chi connectivity index (χ4v) is 3.64. The molecule has 8 nitrogen and oxygen atoms in total. The molecule has 0 saturated heterocycles. The van der Waals surface area contributed by atoms with Crippen LogP contribution in [0.2, 0.25) is 0 Å². The Morgan fingerprint density at radius 3 is 2.67 bits per heavy atom. The number of imidazole rings is 1. The highest BCUT2D eigenvalue weighted by atomic mass is 19.1. The Labute approximate surface area is 187 Å². The number of hydrogen-bond donors (Lipinski definition) is 3. The maximum atomic E-state index is 14.4. The standard InChI is InChI=1S/C24H19FN8/c1-13(26)11-14(12-27-2)17-7-8-19-22(29-17)23(33-32-19)24-30-18-9-10-28-20(21(18)31-24)15-5-3-4-6-16(15)25/h3-12H,2,26H2,1H3,(H,30,31)(H,32,33)/b13-11+,14-12+. The van der Waals surface area contributed by atoms with Crippen molar-refractivity contribution in [1.82, 2.24) is 30.1 Å². The lowest BCUT2D eigenvalue weighted by molar-refractivity contribution is 0.631.